The number of methoxy groups -OCH3 is 1. The number of esters is 1. The number of aliphatic hydroxyl groups excluding tert-OH is 1. The number of hydrogen-bond acceptors (Lipinski definition) is 5. The lowest BCUT2D eigenvalue weighted by Crippen LogP contribution is -2.37. The average Bonchev–Trinajstić information content (AvgIpc) is 2.46. The van der Waals surface area contributed by atoms with Crippen LogP contribution in [0.1, 0.15) is 12.0 Å². The molecule has 1 aromatic rings. The number of benzene rings is 1. The van der Waals surface area contributed by atoms with E-state index in [0.717, 1.165) is 5.56 Å². The second-order valence-corrected chi connectivity index (χ2v) is 4.25. The molecule has 6 heteroatoms. The fraction of sp³-hybridized carbons (Fsp3) is 0.429. The number of hydrogen-bond donors (Lipinski definition) is 2. The number of carbonyl (C=O) groups is 2. The third-order valence-electron chi connectivity index (χ3n) is 2.58. The normalized spacial score (nSPS) is 11.6. The van der Waals surface area contributed by atoms with Gasteiger partial charge in [-0.05, 0) is 19.1 Å². The minimum absolute atomic E-state index is 0.141. The van der Waals surface area contributed by atoms with Gasteiger partial charge >= 0.3 is 5.97 Å². The minimum Gasteiger partial charge on any atom is -0.493 e. The first-order valence-electron chi connectivity index (χ1n) is 6.25. The van der Waals surface area contributed by atoms with Crippen molar-refractivity contribution >= 4 is 11.9 Å². The summed E-state index contributed by atoms with van der Waals surface area (Å²) in [6, 6.07) is 7.49. The molecule has 20 heavy (non-hydrogen) atoms. The number of aliphatic hydroxyl groups is 1. The Morgan fingerprint density at radius 3 is 2.55 bits per heavy atom. The zero-order valence-corrected chi connectivity index (χ0v) is 11.6. The van der Waals surface area contributed by atoms with Gasteiger partial charge in [-0.2, -0.15) is 0 Å². The summed E-state index contributed by atoms with van der Waals surface area (Å²) in [6.07, 6.45) is -1.20. The Bertz CT molecular complexity index is 443. The molecule has 1 rings (SSSR count). The van der Waals surface area contributed by atoms with Crippen molar-refractivity contribution in [2.24, 2.45) is 0 Å². The molecule has 0 saturated carbocycles. The SMILES string of the molecule is COC(=O)C(O)CNC(=O)CCOc1ccc(C)cc1. The highest BCUT2D eigenvalue weighted by Gasteiger charge is 2.15. The fourth-order valence-corrected chi connectivity index (χ4v) is 1.41. The molecule has 6 nitrogen and oxygen atoms in total. The Labute approximate surface area is 117 Å². The van der Waals surface area contributed by atoms with Crippen LogP contribution in [0.2, 0.25) is 0 Å². The van der Waals surface area contributed by atoms with Gasteiger partial charge in [-0.25, -0.2) is 4.79 Å². The molecule has 0 radical (unpaired) electrons. The number of carbonyl (C=O) groups excluding carboxylic acids is 2. The van der Waals surface area contributed by atoms with Crippen molar-refractivity contribution < 1.29 is 24.2 Å². The van der Waals surface area contributed by atoms with E-state index in [1.807, 2.05) is 31.2 Å². The van der Waals surface area contributed by atoms with Crippen LogP contribution < -0.4 is 10.1 Å². The smallest absolute Gasteiger partial charge is 0.336 e. The first kappa shape index (κ1) is 16.0. The van der Waals surface area contributed by atoms with E-state index in [9.17, 15) is 14.7 Å². The van der Waals surface area contributed by atoms with Gasteiger partial charge in [0, 0.05) is 0 Å². The molecule has 2 N–H and O–H groups in total. The van der Waals surface area contributed by atoms with Crippen molar-refractivity contribution in [3.05, 3.63) is 29.8 Å². The molecule has 0 saturated heterocycles. The van der Waals surface area contributed by atoms with Crippen LogP contribution in [-0.2, 0) is 14.3 Å². The molecular formula is C14H19NO5. The van der Waals surface area contributed by atoms with Crippen molar-refractivity contribution in [1.29, 1.82) is 0 Å². The molecule has 1 aromatic carbocycles. The Morgan fingerprint density at radius 2 is 1.95 bits per heavy atom. The lowest BCUT2D eigenvalue weighted by atomic mass is 10.2. The fourth-order valence-electron chi connectivity index (χ4n) is 1.41. The third-order valence-corrected chi connectivity index (χ3v) is 2.58. The molecule has 1 amide bonds. The predicted molar refractivity (Wildman–Crippen MR) is 72.3 cm³/mol. The minimum atomic E-state index is -1.35. The van der Waals surface area contributed by atoms with E-state index < -0.39 is 12.1 Å². The lowest BCUT2D eigenvalue weighted by Gasteiger charge is -2.10. The summed E-state index contributed by atoms with van der Waals surface area (Å²) >= 11 is 0. The van der Waals surface area contributed by atoms with Crippen LogP contribution in [0.15, 0.2) is 24.3 Å². The Morgan fingerprint density at radius 1 is 1.30 bits per heavy atom. The summed E-state index contributed by atoms with van der Waals surface area (Å²) in [5.74, 6) is -0.390. The van der Waals surface area contributed by atoms with E-state index in [1.54, 1.807) is 0 Å². The zero-order chi connectivity index (χ0) is 15.0. The lowest BCUT2D eigenvalue weighted by molar-refractivity contribution is -0.150. The van der Waals surface area contributed by atoms with Crippen molar-refractivity contribution in [2.75, 3.05) is 20.3 Å². The molecule has 0 spiro atoms. The highest BCUT2D eigenvalue weighted by Crippen LogP contribution is 2.11. The zero-order valence-electron chi connectivity index (χ0n) is 11.6. The summed E-state index contributed by atoms with van der Waals surface area (Å²) in [6.45, 7) is 2.03. The summed E-state index contributed by atoms with van der Waals surface area (Å²) in [7, 11) is 1.17. The van der Waals surface area contributed by atoms with E-state index in [0.29, 0.717) is 5.75 Å². The standard InChI is InChI=1S/C14H19NO5/c1-10-3-5-11(6-4-10)20-8-7-13(17)15-9-12(16)14(18)19-2/h3-6,12,16H,7-9H2,1-2H3,(H,15,17). The maximum absolute atomic E-state index is 11.4. The van der Waals surface area contributed by atoms with Gasteiger partial charge in [-0.15, -0.1) is 0 Å². The number of aryl methyl sites for hydroxylation is 1. The number of ether oxygens (including phenoxy) is 2. The van der Waals surface area contributed by atoms with Crippen LogP contribution in [0, 0.1) is 6.92 Å². The van der Waals surface area contributed by atoms with E-state index >= 15 is 0 Å². The van der Waals surface area contributed by atoms with Gasteiger partial charge < -0.3 is 19.9 Å². The van der Waals surface area contributed by atoms with Crippen LogP contribution in [-0.4, -0.2) is 43.3 Å². The Balaban J connectivity index is 2.20. The summed E-state index contributed by atoms with van der Waals surface area (Å²) in [5, 5.41) is 11.7. The summed E-state index contributed by atoms with van der Waals surface area (Å²) in [4.78, 5) is 22.4. The predicted octanol–water partition coefficient (Wildman–Crippen LogP) is 0.414. The highest BCUT2D eigenvalue weighted by atomic mass is 16.5. The molecule has 0 aromatic heterocycles. The molecule has 1 atom stereocenters. The van der Waals surface area contributed by atoms with E-state index in [-0.39, 0.29) is 25.5 Å². The second-order valence-electron chi connectivity index (χ2n) is 4.25. The number of amides is 1. The molecule has 110 valence electrons. The molecule has 0 aliphatic rings. The molecule has 0 aliphatic heterocycles. The van der Waals surface area contributed by atoms with Gasteiger partial charge in [0.05, 0.1) is 26.7 Å². The molecular weight excluding hydrogens is 262 g/mol. The van der Waals surface area contributed by atoms with E-state index in [2.05, 4.69) is 10.1 Å². The van der Waals surface area contributed by atoms with E-state index in [4.69, 9.17) is 4.74 Å². The average molecular weight is 281 g/mol. The maximum Gasteiger partial charge on any atom is 0.336 e. The van der Waals surface area contributed by atoms with E-state index in [1.165, 1.54) is 7.11 Å². The summed E-state index contributed by atoms with van der Waals surface area (Å²) in [5.41, 5.74) is 1.13. The number of nitrogens with one attached hydrogen (secondary N) is 1. The van der Waals surface area contributed by atoms with Crippen molar-refractivity contribution in [3.8, 4) is 5.75 Å². The van der Waals surface area contributed by atoms with Crippen molar-refractivity contribution in [2.45, 2.75) is 19.4 Å². The maximum atomic E-state index is 11.4. The van der Waals surface area contributed by atoms with Gasteiger partial charge in [0.2, 0.25) is 5.91 Å². The molecule has 1 unspecified atom stereocenters. The van der Waals surface area contributed by atoms with Gasteiger partial charge in [0.15, 0.2) is 6.10 Å². The number of rotatable bonds is 7. The molecule has 0 bridgehead atoms. The van der Waals surface area contributed by atoms with Gasteiger partial charge in [0.25, 0.3) is 0 Å². The van der Waals surface area contributed by atoms with Crippen LogP contribution >= 0.6 is 0 Å². The van der Waals surface area contributed by atoms with Gasteiger partial charge in [0.1, 0.15) is 5.75 Å². The van der Waals surface area contributed by atoms with Crippen LogP contribution in [0.25, 0.3) is 0 Å². The first-order chi connectivity index (χ1) is 9.52. The highest BCUT2D eigenvalue weighted by molar-refractivity contribution is 5.78. The van der Waals surface area contributed by atoms with Gasteiger partial charge in [-0.1, -0.05) is 17.7 Å². The van der Waals surface area contributed by atoms with Crippen LogP contribution in [0.3, 0.4) is 0 Å². The largest absolute Gasteiger partial charge is 0.493 e. The molecule has 0 aliphatic carbocycles. The first-order valence-corrected chi connectivity index (χ1v) is 6.25. The van der Waals surface area contributed by atoms with Crippen molar-refractivity contribution in [3.63, 3.8) is 0 Å². The topological polar surface area (TPSA) is 84.9 Å². The molecule has 0 heterocycles. The Hall–Kier alpha value is -2.08. The van der Waals surface area contributed by atoms with Crippen LogP contribution in [0.5, 0.6) is 5.75 Å². The summed E-state index contributed by atoms with van der Waals surface area (Å²) < 4.78 is 9.72. The third kappa shape index (κ3) is 5.71. The quantitative estimate of drug-likeness (QED) is 0.707. The Kier molecular flexibility index (Phi) is 6.52. The molecule has 0 fully saturated rings. The van der Waals surface area contributed by atoms with Crippen molar-refractivity contribution in [1.82, 2.24) is 5.32 Å². The van der Waals surface area contributed by atoms with Gasteiger partial charge in [-0.3, -0.25) is 4.79 Å². The monoisotopic (exact) mass is 281 g/mol. The van der Waals surface area contributed by atoms with Crippen LogP contribution in [0.4, 0.5) is 0 Å². The second kappa shape index (κ2) is 8.16.